The first kappa shape index (κ1) is 25.8. The topological polar surface area (TPSA) is 64.1 Å². The SMILES string of the molecule is CCOc1c(OC)cc(CNC(=NC)NCCc2ccc(F)cc2C)cc1OC.I. The number of halogens is 2. The molecule has 2 aromatic rings. The molecule has 0 unspecified atom stereocenters. The van der Waals surface area contributed by atoms with Gasteiger partial charge in [-0.25, -0.2) is 4.39 Å². The van der Waals surface area contributed by atoms with Crippen LogP contribution in [0, 0.1) is 12.7 Å². The molecule has 0 amide bonds. The third-order valence-corrected chi connectivity index (χ3v) is 4.48. The summed E-state index contributed by atoms with van der Waals surface area (Å²) in [7, 11) is 4.93. The van der Waals surface area contributed by atoms with Crippen LogP contribution in [0.15, 0.2) is 35.3 Å². The Kier molecular flexibility index (Phi) is 11.3. The zero-order chi connectivity index (χ0) is 21.2. The molecule has 0 bridgehead atoms. The van der Waals surface area contributed by atoms with Crippen molar-refractivity contribution in [3.63, 3.8) is 0 Å². The average molecular weight is 531 g/mol. The number of nitrogens with one attached hydrogen (secondary N) is 2. The van der Waals surface area contributed by atoms with Gasteiger partial charge < -0.3 is 24.8 Å². The lowest BCUT2D eigenvalue weighted by molar-refractivity contribution is 0.288. The molecule has 0 aliphatic carbocycles. The van der Waals surface area contributed by atoms with Crippen LogP contribution in [0.5, 0.6) is 17.2 Å². The van der Waals surface area contributed by atoms with Gasteiger partial charge in [0.1, 0.15) is 5.82 Å². The number of aryl methyl sites for hydroxylation is 1. The van der Waals surface area contributed by atoms with Crippen molar-refractivity contribution < 1.29 is 18.6 Å². The van der Waals surface area contributed by atoms with E-state index in [1.807, 2.05) is 32.0 Å². The number of guanidine groups is 1. The van der Waals surface area contributed by atoms with Crippen LogP contribution < -0.4 is 24.8 Å². The molecule has 2 rings (SSSR count). The van der Waals surface area contributed by atoms with Crippen molar-refractivity contribution in [2.45, 2.75) is 26.8 Å². The predicted octanol–water partition coefficient (Wildman–Crippen LogP) is 4.08. The van der Waals surface area contributed by atoms with Crippen LogP contribution in [-0.4, -0.2) is 40.4 Å². The Hall–Kier alpha value is -2.23. The fraction of sp³-hybridized carbons (Fsp3) is 0.409. The Labute approximate surface area is 195 Å². The Bertz CT molecular complexity index is 821. The van der Waals surface area contributed by atoms with Gasteiger partial charge in [0.2, 0.25) is 5.75 Å². The molecule has 8 heteroatoms. The lowest BCUT2D eigenvalue weighted by Gasteiger charge is -2.17. The Morgan fingerprint density at radius 2 is 1.73 bits per heavy atom. The maximum absolute atomic E-state index is 13.2. The van der Waals surface area contributed by atoms with E-state index in [-0.39, 0.29) is 29.8 Å². The van der Waals surface area contributed by atoms with Crippen LogP contribution in [0.4, 0.5) is 4.39 Å². The van der Waals surface area contributed by atoms with Gasteiger partial charge >= 0.3 is 0 Å². The van der Waals surface area contributed by atoms with Gasteiger partial charge in [-0.2, -0.15) is 0 Å². The maximum Gasteiger partial charge on any atom is 0.203 e. The molecule has 6 nitrogen and oxygen atoms in total. The summed E-state index contributed by atoms with van der Waals surface area (Å²) in [5, 5.41) is 6.55. The number of ether oxygens (including phenoxy) is 3. The maximum atomic E-state index is 13.2. The second kappa shape index (κ2) is 13.1. The molecule has 0 spiro atoms. The standard InChI is InChI=1S/C22H30FN3O3.HI/c1-6-29-21-19(27-4)12-16(13-20(21)28-5)14-26-22(24-3)25-10-9-17-7-8-18(23)11-15(17)2;/h7-8,11-13H,6,9-10,14H2,1-5H3,(H2,24,25,26);1H. The Balaban J connectivity index is 0.00000450. The highest BCUT2D eigenvalue weighted by Crippen LogP contribution is 2.38. The first-order valence-electron chi connectivity index (χ1n) is 9.59. The number of aliphatic imine (C=N–C) groups is 1. The van der Waals surface area contributed by atoms with Crippen molar-refractivity contribution in [3.05, 3.63) is 52.8 Å². The first-order valence-corrected chi connectivity index (χ1v) is 9.59. The summed E-state index contributed by atoms with van der Waals surface area (Å²) in [5.74, 6) is 2.31. The zero-order valence-electron chi connectivity index (χ0n) is 18.2. The monoisotopic (exact) mass is 531 g/mol. The average Bonchev–Trinajstić information content (AvgIpc) is 2.72. The summed E-state index contributed by atoms with van der Waals surface area (Å²) >= 11 is 0. The zero-order valence-corrected chi connectivity index (χ0v) is 20.5. The molecule has 2 N–H and O–H groups in total. The summed E-state index contributed by atoms with van der Waals surface area (Å²) in [6.45, 7) is 5.57. The summed E-state index contributed by atoms with van der Waals surface area (Å²) in [6, 6.07) is 8.68. The van der Waals surface area contributed by atoms with Crippen molar-refractivity contribution in [1.29, 1.82) is 0 Å². The van der Waals surface area contributed by atoms with E-state index < -0.39 is 0 Å². The third-order valence-electron chi connectivity index (χ3n) is 4.48. The molecule has 0 aliphatic rings. The fourth-order valence-corrected chi connectivity index (χ4v) is 2.98. The smallest absolute Gasteiger partial charge is 0.203 e. The van der Waals surface area contributed by atoms with Crippen molar-refractivity contribution in [1.82, 2.24) is 10.6 Å². The van der Waals surface area contributed by atoms with E-state index in [9.17, 15) is 4.39 Å². The van der Waals surface area contributed by atoms with Gasteiger partial charge in [-0.3, -0.25) is 4.99 Å². The van der Waals surface area contributed by atoms with E-state index >= 15 is 0 Å². The molecule has 0 atom stereocenters. The minimum atomic E-state index is -0.210. The molecule has 2 aromatic carbocycles. The van der Waals surface area contributed by atoms with Crippen LogP contribution in [-0.2, 0) is 13.0 Å². The van der Waals surface area contributed by atoms with Crippen molar-refractivity contribution in [2.75, 3.05) is 34.4 Å². The minimum Gasteiger partial charge on any atom is -0.493 e. The molecule has 0 fully saturated rings. The molecule has 0 saturated heterocycles. The number of hydrogen-bond donors (Lipinski definition) is 2. The van der Waals surface area contributed by atoms with E-state index in [4.69, 9.17) is 14.2 Å². The van der Waals surface area contributed by atoms with Crippen LogP contribution in [0.3, 0.4) is 0 Å². The van der Waals surface area contributed by atoms with Gasteiger partial charge in [0.05, 0.1) is 20.8 Å². The lowest BCUT2D eigenvalue weighted by atomic mass is 10.1. The molecular formula is C22H31FIN3O3. The highest BCUT2D eigenvalue weighted by Gasteiger charge is 2.14. The minimum absolute atomic E-state index is 0. The van der Waals surface area contributed by atoms with Crippen LogP contribution in [0.1, 0.15) is 23.6 Å². The van der Waals surface area contributed by atoms with Gasteiger partial charge in [0, 0.05) is 20.1 Å². The van der Waals surface area contributed by atoms with E-state index in [0.29, 0.717) is 42.9 Å². The number of methoxy groups -OCH3 is 2. The van der Waals surface area contributed by atoms with Gasteiger partial charge in [-0.1, -0.05) is 6.07 Å². The summed E-state index contributed by atoms with van der Waals surface area (Å²) in [6.07, 6.45) is 0.775. The van der Waals surface area contributed by atoms with E-state index in [2.05, 4.69) is 15.6 Å². The lowest BCUT2D eigenvalue weighted by Crippen LogP contribution is -2.37. The molecule has 0 aliphatic heterocycles. The Morgan fingerprint density at radius 1 is 1.07 bits per heavy atom. The molecule has 0 aromatic heterocycles. The van der Waals surface area contributed by atoms with Crippen molar-refractivity contribution in [2.24, 2.45) is 4.99 Å². The van der Waals surface area contributed by atoms with Crippen molar-refractivity contribution in [3.8, 4) is 17.2 Å². The molecule has 0 saturated carbocycles. The van der Waals surface area contributed by atoms with E-state index in [1.165, 1.54) is 6.07 Å². The summed E-state index contributed by atoms with van der Waals surface area (Å²) < 4.78 is 29.7. The molecule has 166 valence electrons. The molecular weight excluding hydrogens is 500 g/mol. The molecule has 30 heavy (non-hydrogen) atoms. The summed E-state index contributed by atoms with van der Waals surface area (Å²) in [5.41, 5.74) is 3.03. The van der Waals surface area contributed by atoms with E-state index in [1.54, 1.807) is 27.3 Å². The second-order valence-electron chi connectivity index (χ2n) is 6.44. The highest BCUT2D eigenvalue weighted by atomic mass is 127. The number of benzene rings is 2. The normalized spacial score (nSPS) is 10.8. The highest BCUT2D eigenvalue weighted by molar-refractivity contribution is 14.0. The van der Waals surface area contributed by atoms with Crippen LogP contribution >= 0.6 is 24.0 Å². The van der Waals surface area contributed by atoms with Crippen molar-refractivity contribution >= 4 is 29.9 Å². The van der Waals surface area contributed by atoms with Gasteiger partial charge in [0.15, 0.2) is 17.5 Å². The number of rotatable bonds is 9. The third kappa shape index (κ3) is 7.23. The number of nitrogens with zero attached hydrogens (tertiary/aromatic N) is 1. The number of hydrogen-bond acceptors (Lipinski definition) is 4. The Morgan fingerprint density at radius 3 is 2.27 bits per heavy atom. The molecule has 0 radical (unpaired) electrons. The second-order valence-corrected chi connectivity index (χ2v) is 6.44. The fourth-order valence-electron chi connectivity index (χ4n) is 2.98. The largest absolute Gasteiger partial charge is 0.493 e. The molecule has 0 heterocycles. The van der Waals surface area contributed by atoms with E-state index in [0.717, 1.165) is 23.1 Å². The quantitative estimate of drug-likeness (QED) is 0.290. The first-order chi connectivity index (χ1) is 14.0. The van der Waals surface area contributed by atoms with Gasteiger partial charge in [-0.15, -0.1) is 24.0 Å². The van der Waals surface area contributed by atoms with Crippen LogP contribution in [0.25, 0.3) is 0 Å². The van der Waals surface area contributed by atoms with Crippen LogP contribution in [0.2, 0.25) is 0 Å². The van der Waals surface area contributed by atoms with Gasteiger partial charge in [-0.05, 0) is 61.2 Å². The van der Waals surface area contributed by atoms with Gasteiger partial charge in [0.25, 0.3) is 0 Å². The predicted molar refractivity (Wildman–Crippen MR) is 129 cm³/mol. The summed E-state index contributed by atoms with van der Waals surface area (Å²) in [4.78, 5) is 4.25.